The van der Waals surface area contributed by atoms with Gasteiger partial charge in [-0.05, 0) is 20.8 Å². The summed E-state index contributed by atoms with van der Waals surface area (Å²) in [6.45, 7) is 5.86. The van der Waals surface area contributed by atoms with Crippen LogP contribution in [0, 0.1) is 13.8 Å². The van der Waals surface area contributed by atoms with E-state index in [-0.39, 0.29) is 12.6 Å². The maximum absolute atomic E-state index is 9.06. The van der Waals surface area contributed by atoms with Gasteiger partial charge in [-0.15, -0.1) is 0 Å². The van der Waals surface area contributed by atoms with Crippen molar-refractivity contribution in [2.24, 2.45) is 0 Å². The topological polar surface area (TPSA) is 75.3 Å². The van der Waals surface area contributed by atoms with E-state index in [4.69, 9.17) is 5.11 Å². The Hall–Kier alpha value is -1.69. The van der Waals surface area contributed by atoms with Gasteiger partial charge >= 0.3 is 0 Å². The van der Waals surface area contributed by atoms with Gasteiger partial charge in [-0.1, -0.05) is 0 Å². The van der Waals surface area contributed by atoms with Crippen LogP contribution in [-0.2, 0) is 0 Å². The lowest BCUT2D eigenvalue weighted by molar-refractivity contribution is 0.281. The van der Waals surface area contributed by atoms with Gasteiger partial charge in [0.05, 0.1) is 6.61 Å². The fourth-order valence-corrected chi connectivity index (χ4v) is 1.48. The Balaban J connectivity index is 2.55. The van der Waals surface area contributed by atoms with Gasteiger partial charge in [-0.25, -0.2) is 4.98 Å². The highest BCUT2D eigenvalue weighted by atomic mass is 16.3. The van der Waals surface area contributed by atoms with Crippen molar-refractivity contribution < 1.29 is 5.11 Å². The van der Waals surface area contributed by atoms with Crippen molar-refractivity contribution in [3.8, 4) is 0 Å². The summed E-state index contributed by atoms with van der Waals surface area (Å²) in [5, 5.41) is 16.4. The highest BCUT2D eigenvalue weighted by Gasteiger charge is 2.12. The van der Waals surface area contributed by atoms with Crippen LogP contribution in [0.25, 0.3) is 5.78 Å². The first kappa shape index (κ1) is 10.8. The Kier molecular flexibility index (Phi) is 2.74. The second-order valence-corrected chi connectivity index (χ2v) is 3.87. The zero-order valence-electron chi connectivity index (χ0n) is 9.60. The van der Waals surface area contributed by atoms with Crippen molar-refractivity contribution in [3.05, 3.63) is 17.6 Å². The molecule has 86 valence electrons. The van der Waals surface area contributed by atoms with E-state index in [1.54, 1.807) is 4.52 Å². The quantitative estimate of drug-likeness (QED) is 0.791. The Labute approximate surface area is 93.3 Å². The Bertz CT molecular complexity index is 507. The SMILES string of the molecule is Cc1nc2ncnn2c(N[C@H](C)CO)c1C. The van der Waals surface area contributed by atoms with Crippen LogP contribution in [0.2, 0.25) is 0 Å². The molecule has 0 aliphatic rings. The van der Waals surface area contributed by atoms with Crippen LogP contribution in [0.1, 0.15) is 18.2 Å². The van der Waals surface area contributed by atoms with Gasteiger partial charge < -0.3 is 10.4 Å². The summed E-state index contributed by atoms with van der Waals surface area (Å²) in [7, 11) is 0. The molecule has 0 amide bonds. The molecule has 6 heteroatoms. The molecule has 0 aliphatic heterocycles. The van der Waals surface area contributed by atoms with Gasteiger partial charge in [0, 0.05) is 17.3 Å². The number of aromatic nitrogens is 4. The minimum Gasteiger partial charge on any atom is -0.394 e. The molecule has 0 aliphatic carbocycles. The molecule has 0 spiro atoms. The Morgan fingerprint density at radius 3 is 2.94 bits per heavy atom. The molecule has 0 bridgehead atoms. The molecule has 2 heterocycles. The van der Waals surface area contributed by atoms with E-state index in [2.05, 4.69) is 20.4 Å². The number of anilines is 1. The van der Waals surface area contributed by atoms with E-state index in [0.717, 1.165) is 17.1 Å². The third-order valence-corrected chi connectivity index (χ3v) is 2.56. The maximum Gasteiger partial charge on any atom is 0.254 e. The molecule has 2 aromatic heterocycles. The van der Waals surface area contributed by atoms with Crippen molar-refractivity contribution in [1.29, 1.82) is 0 Å². The molecule has 0 fully saturated rings. The minimum atomic E-state index is -0.0344. The molecule has 1 atom stereocenters. The normalized spacial score (nSPS) is 13.0. The average Bonchev–Trinajstić information content (AvgIpc) is 2.71. The smallest absolute Gasteiger partial charge is 0.254 e. The molecular formula is C10H15N5O. The monoisotopic (exact) mass is 221 g/mol. The average molecular weight is 221 g/mol. The molecular weight excluding hydrogens is 206 g/mol. The molecule has 0 aromatic carbocycles. The number of nitrogens with one attached hydrogen (secondary N) is 1. The molecule has 0 saturated carbocycles. The molecule has 16 heavy (non-hydrogen) atoms. The van der Waals surface area contributed by atoms with Gasteiger partial charge in [0.1, 0.15) is 12.1 Å². The number of nitrogens with zero attached hydrogens (tertiary/aromatic N) is 4. The first-order chi connectivity index (χ1) is 7.63. The predicted octanol–water partition coefficient (Wildman–Crippen LogP) is 0.534. The van der Waals surface area contributed by atoms with Crippen LogP contribution in [0.15, 0.2) is 6.33 Å². The van der Waals surface area contributed by atoms with Crippen LogP contribution in [0.4, 0.5) is 5.82 Å². The zero-order chi connectivity index (χ0) is 11.7. The summed E-state index contributed by atoms with van der Waals surface area (Å²) < 4.78 is 1.65. The second kappa shape index (κ2) is 4.05. The highest BCUT2D eigenvalue weighted by molar-refractivity contribution is 5.52. The summed E-state index contributed by atoms with van der Waals surface area (Å²) in [6, 6.07) is -0.0344. The Morgan fingerprint density at radius 1 is 1.50 bits per heavy atom. The fourth-order valence-electron chi connectivity index (χ4n) is 1.48. The van der Waals surface area contributed by atoms with Crippen molar-refractivity contribution in [3.63, 3.8) is 0 Å². The van der Waals surface area contributed by atoms with Crippen LogP contribution >= 0.6 is 0 Å². The van der Waals surface area contributed by atoms with Gasteiger partial charge in [-0.2, -0.15) is 14.6 Å². The molecule has 2 rings (SSSR count). The van der Waals surface area contributed by atoms with Crippen LogP contribution in [0.3, 0.4) is 0 Å². The minimum absolute atomic E-state index is 0.0344. The van der Waals surface area contributed by atoms with Crippen molar-refractivity contribution >= 4 is 11.6 Å². The summed E-state index contributed by atoms with van der Waals surface area (Å²) in [4.78, 5) is 8.37. The van der Waals surface area contributed by atoms with Crippen LogP contribution in [0.5, 0.6) is 0 Å². The van der Waals surface area contributed by atoms with Crippen molar-refractivity contribution in [2.75, 3.05) is 11.9 Å². The van der Waals surface area contributed by atoms with E-state index in [1.807, 2.05) is 20.8 Å². The van der Waals surface area contributed by atoms with Gasteiger partial charge in [0.15, 0.2) is 0 Å². The number of aliphatic hydroxyl groups excluding tert-OH is 1. The number of hydrogen-bond acceptors (Lipinski definition) is 5. The summed E-state index contributed by atoms with van der Waals surface area (Å²) in [6.07, 6.45) is 1.47. The summed E-state index contributed by atoms with van der Waals surface area (Å²) >= 11 is 0. The van der Waals surface area contributed by atoms with Gasteiger partial charge in [0.25, 0.3) is 5.78 Å². The van der Waals surface area contributed by atoms with E-state index in [9.17, 15) is 0 Å². The highest BCUT2D eigenvalue weighted by Crippen LogP contribution is 2.18. The molecule has 2 N–H and O–H groups in total. The first-order valence-electron chi connectivity index (χ1n) is 5.17. The van der Waals surface area contributed by atoms with Gasteiger partial charge in [0.2, 0.25) is 0 Å². The van der Waals surface area contributed by atoms with E-state index >= 15 is 0 Å². The molecule has 6 nitrogen and oxygen atoms in total. The Morgan fingerprint density at radius 2 is 2.25 bits per heavy atom. The third-order valence-electron chi connectivity index (χ3n) is 2.56. The van der Waals surface area contributed by atoms with Crippen LogP contribution in [-0.4, -0.2) is 37.3 Å². The standard InChI is InChI=1S/C10H15N5O/c1-6(4-16)13-9-7(2)8(3)14-10-11-5-12-15(9)10/h5-6,13,16H,4H2,1-3H3/t6-/m1/s1. The third kappa shape index (κ3) is 1.71. The van der Waals surface area contributed by atoms with E-state index < -0.39 is 0 Å². The number of aryl methyl sites for hydroxylation is 1. The largest absolute Gasteiger partial charge is 0.394 e. The first-order valence-corrected chi connectivity index (χ1v) is 5.17. The number of rotatable bonds is 3. The lowest BCUT2D eigenvalue weighted by Crippen LogP contribution is -2.22. The number of aliphatic hydroxyl groups is 1. The van der Waals surface area contributed by atoms with Crippen molar-refractivity contribution in [1.82, 2.24) is 19.6 Å². The lowest BCUT2D eigenvalue weighted by atomic mass is 10.2. The summed E-state index contributed by atoms with van der Waals surface area (Å²) in [5.41, 5.74) is 1.92. The van der Waals surface area contributed by atoms with Crippen LogP contribution < -0.4 is 5.32 Å². The number of fused-ring (bicyclic) bond motifs is 1. The second-order valence-electron chi connectivity index (χ2n) is 3.87. The van der Waals surface area contributed by atoms with E-state index in [0.29, 0.717) is 5.78 Å². The van der Waals surface area contributed by atoms with E-state index in [1.165, 1.54) is 6.33 Å². The lowest BCUT2D eigenvalue weighted by Gasteiger charge is -2.16. The van der Waals surface area contributed by atoms with Crippen molar-refractivity contribution in [2.45, 2.75) is 26.8 Å². The molecule has 0 radical (unpaired) electrons. The fraction of sp³-hybridized carbons (Fsp3) is 0.500. The maximum atomic E-state index is 9.06. The predicted molar refractivity (Wildman–Crippen MR) is 60.4 cm³/mol. The zero-order valence-corrected chi connectivity index (χ0v) is 9.60. The molecule has 0 saturated heterocycles. The molecule has 2 aromatic rings. The van der Waals surface area contributed by atoms with Gasteiger partial charge in [-0.3, -0.25) is 0 Å². The number of hydrogen-bond donors (Lipinski definition) is 2. The summed E-state index contributed by atoms with van der Waals surface area (Å²) in [5.74, 6) is 1.40. The molecule has 0 unspecified atom stereocenters.